The second kappa shape index (κ2) is 10.7. The van der Waals surface area contributed by atoms with E-state index in [9.17, 15) is 18.8 Å². The van der Waals surface area contributed by atoms with Gasteiger partial charge in [0, 0.05) is 42.8 Å². The molecule has 0 bridgehead atoms. The normalized spacial score (nSPS) is 13.6. The van der Waals surface area contributed by atoms with Crippen molar-refractivity contribution >= 4 is 46.5 Å². The van der Waals surface area contributed by atoms with E-state index in [1.54, 1.807) is 28.0 Å². The van der Waals surface area contributed by atoms with Gasteiger partial charge in [-0.25, -0.2) is 9.18 Å². The molecule has 0 N–H and O–H groups in total. The molecule has 1 aliphatic heterocycles. The Morgan fingerprint density at radius 2 is 1.72 bits per heavy atom. The van der Waals surface area contributed by atoms with E-state index in [0.717, 1.165) is 0 Å². The molecule has 1 aliphatic rings. The lowest BCUT2D eigenvalue weighted by atomic mass is 10.1. The van der Waals surface area contributed by atoms with Crippen LogP contribution in [0.1, 0.15) is 17.3 Å². The Morgan fingerprint density at radius 3 is 2.38 bits per heavy atom. The van der Waals surface area contributed by atoms with Gasteiger partial charge in [0.2, 0.25) is 0 Å². The van der Waals surface area contributed by atoms with Gasteiger partial charge in [0.15, 0.2) is 19.0 Å². The molecule has 1 saturated heterocycles. The summed E-state index contributed by atoms with van der Waals surface area (Å²) in [7, 11) is 0. The molecule has 2 aromatic rings. The number of esters is 1. The molecule has 0 aliphatic carbocycles. The fraction of sp³-hybridized carbons (Fsp3) is 0.318. The molecule has 1 fully saturated rings. The lowest BCUT2D eigenvalue weighted by Gasteiger charge is -2.36. The van der Waals surface area contributed by atoms with Crippen LogP contribution in [0.25, 0.3) is 0 Å². The van der Waals surface area contributed by atoms with Gasteiger partial charge in [-0.3, -0.25) is 9.59 Å². The van der Waals surface area contributed by atoms with Crippen molar-refractivity contribution in [3.63, 3.8) is 0 Å². The van der Waals surface area contributed by atoms with Crippen LogP contribution in [-0.4, -0.2) is 62.0 Å². The summed E-state index contributed by atoms with van der Waals surface area (Å²) >= 11 is 11.8. The molecule has 0 saturated carbocycles. The fourth-order valence-corrected chi connectivity index (χ4v) is 3.51. The highest BCUT2D eigenvalue weighted by Gasteiger charge is 2.24. The molecule has 0 unspecified atom stereocenters. The van der Waals surface area contributed by atoms with Gasteiger partial charge >= 0.3 is 5.97 Å². The highest BCUT2D eigenvalue weighted by Crippen LogP contribution is 2.27. The van der Waals surface area contributed by atoms with Crippen molar-refractivity contribution in [3.05, 3.63) is 57.8 Å². The molecule has 0 spiro atoms. The predicted molar refractivity (Wildman–Crippen MR) is 118 cm³/mol. The first-order valence-electron chi connectivity index (χ1n) is 9.81. The monoisotopic (exact) mass is 482 g/mol. The van der Waals surface area contributed by atoms with E-state index in [4.69, 9.17) is 32.7 Å². The molecule has 7 nitrogen and oxygen atoms in total. The molecule has 0 atom stereocenters. The van der Waals surface area contributed by atoms with Crippen LogP contribution >= 0.6 is 23.2 Å². The van der Waals surface area contributed by atoms with Gasteiger partial charge in [-0.1, -0.05) is 23.2 Å². The maximum Gasteiger partial charge on any atom is 0.344 e. The van der Waals surface area contributed by atoms with E-state index in [1.807, 2.05) is 0 Å². The number of ether oxygens (including phenoxy) is 2. The number of benzene rings is 2. The number of anilines is 1. The van der Waals surface area contributed by atoms with E-state index < -0.39 is 25.0 Å². The Balaban J connectivity index is 1.44. The molecule has 170 valence electrons. The zero-order valence-electron chi connectivity index (χ0n) is 17.3. The Bertz CT molecular complexity index is 1030. The number of carbonyl (C=O) groups excluding carboxylic acids is 3. The SMILES string of the molecule is CC(=O)c1ccc(N2CCN(C(=O)COC(=O)COc3cc(Cl)ccc3Cl)CC2)c(F)c1. The summed E-state index contributed by atoms with van der Waals surface area (Å²) in [6.45, 7) is 2.05. The van der Waals surface area contributed by atoms with Crippen LogP contribution in [0.15, 0.2) is 36.4 Å². The Hall–Kier alpha value is -2.84. The minimum absolute atomic E-state index is 0.207. The highest BCUT2D eigenvalue weighted by atomic mass is 35.5. The van der Waals surface area contributed by atoms with E-state index in [1.165, 1.54) is 25.1 Å². The second-order valence-electron chi connectivity index (χ2n) is 7.11. The topological polar surface area (TPSA) is 76.2 Å². The third-order valence-corrected chi connectivity index (χ3v) is 5.47. The van der Waals surface area contributed by atoms with Gasteiger partial charge in [0.25, 0.3) is 5.91 Å². The van der Waals surface area contributed by atoms with Gasteiger partial charge in [-0.15, -0.1) is 0 Å². The molecule has 0 aromatic heterocycles. The van der Waals surface area contributed by atoms with Crippen molar-refractivity contribution in [2.24, 2.45) is 0 Å². The summed E-state index contributed by atoms with van der Waals surface area (Å²) in [5, 5.41) is 0.699. The van der Waals surface area contributed by atoms with Crippen LogP contribution in [0.3, 0.4) is 0 Å². The minimum atomic E-state index is -0.722. The number of nitrogens with zero attached hydrogens (tertiary/aromatic N) is 2. The molecule has 1 heterocycles. The van der Waals surface area contributed by atoms with Crippen molar-refractivity contribution in [1.82, 2.24) is 4.90 Å². The average molecular weight is 483 g/mol. The number of piperazine rings is 1. The molecular formula is C22H21Cl2FN2O5. The summed E-state index contributed by atoms with van der Waals surface area (Å²) in [5.41, 5.74) is 0.689. The van der Waals surface area contributed by atoms with E-state index in [0.29, 0.717) is 47.5 Å². The Labute approximate surface area is 194 Å². The van der Waals surface area contributed by atoms with Crippen LogP contribution in [-0.2, 0) is 14.3 Å². The first-order valence-corrected chi connectivity index (χ1v) is 10.6. The van der Waals surface area contributed by atoms with Crippen molar-refractivity contribution in [1.29, 1.82) is 0 Å². The van der Waals surface area contributed by atoms with Crippen LogP contribution < -0.4 is 9.64 Å². The van der Waals surface area contributed by atoms with Gasteiger partial charge < -0.3 is 19.3 Å². The van der Waals surface area contributed by atoms with E-state index in [2.05, 4.69) is 0 Å². The van der Waals surface area contributed by atoms with Gasteiger partial charge in [-0.05, 0) is 37.3 Å². The van der Waals surface area contributed by atoms with Crippen molar-refractivity contribution in [2.75, 3.05) is 44.3 Å². The lowest BCUT2D eigenvalue weighted by molar-refractivity contribution is -0.153. The maximum absolute atomic E-state index is 14.3. The lowest BCUT2D eigenvalue weighted by Crippen LogP contribution is -2.50. The molecule has 3 rings (SSSR count). The maximum atomic E-state index is 14.3. The zero-order valence-corrected chi connectivity index (χ0v) is 18.8. The molecule has 2 aromatic carbocycles. The molecular weight excluding hydrogens is 462 g/mol. The van der Waals surface area contributed by atoms with Crippen LogP contribution in [0.5, 0.6) is 5.75 Å². The first-order chi connectivity index (χ1) is 15.2. The summed E-state index contributed by atoms with van der Waals surface area (Å²) in [4.78, 5) is 38.9. The molecule has 1 amide bonds. The molecule has 10 heteroatoms. The van der Waals surface area contributed by atoms with Gasteiger partial charge in [-0.2, -0.15) is 0 Å². The number of hydrogen-bond donors (Lipinski definition) is 0. The smallest absolute Gasteiger partial charge is 0.344 e. The number of ketones is 1. The number of amides is 1. The highest BCUT2D eigenvalue weighted by molar-refractivity contribution is 6.34. The largest absolute Gasteiger partial charge is 0.480 e. The summed E-state index contributed by atoms with van der Waals surface area (Å²) in [6, 6.07) is 8.96. The second-order valence-corrected chi connectivity index (χ2v) is 7.96. The first kappa shape index (κ1) is 23.8. The average Bonchev–Trinajstić information content (AvgIpc) is 2.78. The zero-order chi connectivity index (χ0) is 23.3. The number of rotatable bonds is 7. The van der Waals surface area contributed by atoms with Gasteiger partial charge in [0.05, 0.1) is 10.7 Å². The van der Waals surface area contributed by atoms with Crippen molar-refractivity contribution in [3.8, 4) is 5.75 Å². The Morgan fingerprint density at radius 1 is 1.00 bits per heavy atom. The summed E-state index contributed by atoms with van der Waals surface area (Å²) in [5.74, 6) is -1.53. The van der Waals surface area contributed by atoms with E-state index in [-0.39, 0.29) is 17.4 Å². The number of halogens is 3. The van der Waals surface area contributed by atoms with Crippen molar-refractivity contribution < 1.29 is 28.2 Å². The van der Waals surface area contributed by atoms with Crippen LogP contribution in [0.2, 0.25) is 10.0 Å². The summed E-state index contributed by atoms with van der Waals surface area (Å²) < 4.78 is 24.6. The number of Topliss-reactive ketones (excluding diaryl/α,β-unsaturated/α-hetero) is 1. The standard InChI is InChI=1S/C22H21Cl2FN2O5/c1-14(28)15-2-5-19(18(25)10-15)26-6-8-27(9-7-26)21(29)12-32-22(30)13-31-20-11-16(23)3-4-17(20)24/h2-5,10-11H,6-9,12-13H2,1H3. The predicted octanol–water partition coefficient (Wildman–Crippen LogP) is 3.61. The van der Waals surface area contributed by atoms with Gasteiger partial charge in [0.1, 0.15) is 11.6 Å². The fourth-order valence-electron chi connectivity index (χ4n) is 3.18. The third-order valence-electron chi connectivity index (χ3n) is 4.92. The molecule has 32 heavy (non-hydrogen) atoms. The quantitative estimate of drug-likeness (QED) is 0.443. The number of hydrogen-bond acceptors (Lipinski definition) is 6. The number of carbonyl (C=O) groups is 3. The molecule has 0 radical (unpaired) electrons. The van der Waals surface area contributed by atoms with E-state index >= 15 is 0 Å². The van der Waals surface area contributed by atoms with Crippen LogP contribution in [0, 0.1) is 5.82 Å². The van der Waals surface area contributed by atoms with Crippen LogP contribution in [0.4, 0.5) is 10.1 Å². The third kappa shape index (κ3) is 6.11. The van der Waals surface area contributed by atoms with Crippen molar-refractivity contribution in [2.45, 2.75) is 6.92 Å². The summed E-state index contributed by atoms with van der Waals surface area (Å²) in [6.07, 6.45) is 0. The minimum Gasteiger partial charge on any atom is -0.480 e. The Kier molecular flexibility index (Phi) is 7.93.